The van der Waals surface area contributed by atoms with Crippen molar-refractivity contribution in [3.05, 3.63) is 46.3 Å². The Morgan fingerprint density at radius 3 is 2.66 bits per heavy atom. The zero-order valence-corrected chi connectivity index (χ0v) is 18.8. The number of benzene rings is 1. The normalized spacial score (nSPS) is 24.9. The molecule has 174 valence electrons. The van der Waals surface area contributed by atoms with Crippen molar-refractivity contribution >= 4 is 17.9 Å². The molecule has 0 aromatic heterocycles. The van der Waals surface area contributed by atoms with Crippen LogP contribution < -0.4 is 0 Å². The molecule has 0 bridgehead atoms. The predicted octanol–water partition coefficient (Wildman–Crippen LogP) is 3.42. The minimum atomic E-state index is -0.844. The fraction of sp³-hybridized carbons (Fsp3) is 0.520. The Morgan fingerprint density at radius 2 is 2.03 bits per heavy atom. The van der Waals surface area contributed by atoms with Crippen molar-refractivity contribution in [2.75, 3.05) is 13.7 Å². The van der Waals surface area contributed by atoms with E-state index in [2.05, 4.69) is 0 Å². The third kappa shape index (κ3) is 4.64. The number of carbonyl (C=O) groups excluding carboxylic acids is 2. The van der Waals surface area contributed by atoms with E-state index in [4.69, 9.17) is 0 Å². The second-order valence-corrected chi connectivity index (χ2v) is 8.93. The summed E-state index contributed by atoms with van der Waals surface area (Å²) < 4.78 is 13.6. The van der Waals surface area contributed by atoms with Crippen LogP contribution in [-0.4, -0.2) is 51.8 Å². The molecule has 1 aliphatic carbocycles. The average Bonchev–Trinajstić information content (AvgIpc) is 2.97. The molecule has 0 spiro atoms. The van der Waals surface area contributed by atoms with Gasteiger partial charge in [-0.1, -0.05) is 36.6 Å². The molecule has 1 fully saturated rings. The molecule has 3 N–H and O–H groups in total. The topological polar surface area (TPSA) is 98.1 Å². The number of rotatable bonds is 8. The monoisotopic (exact) mass is 445 g/mol. The van der Waals surface area contributed by atoms with Crippen molar-refractivity contribution in [1.82, 2.24) is 4.90 Å². The van der Waals surface area contributed by atoms with Gasteiger partial charge in [0.1, 0.15) is 0 Å². The lowest BCUT2D eigenvalue weighted by atomic mass is 9.67. The Hall–Kier alpha value is -2.51. The van der Waals surface area contributed by atoms with Gasteiger partial charge in [-0.05, 0) is 55.9 Å². The van der Waals surface area contributed by atoms with E-state index in [0.717, 1.165) is 22.5 Å². The molecular formula is C25H32FNO5. The summed E-state index contributed by atoms with van der Waals surface area (Å²) in [5, 5.41) is 30.6. The van der Waals surface area contributed by atoms with Gasteiger partial charge < -0.3 is 15.3 Å². The zero-order chi connectivity index (χ0) is 23.6. The summed E-state index contributed by atoms with van der Waals surface area (Å²) >= 11 is 0. The van der Waals surface area contributed by atoms with Crippen LogP contribution in [0.25, 0.3) is 6.08 Å². The molecule has 1 saturated heterocycles. The molecule has 0 saturated carbocycles. The highest BCUT2D eigenvalue weighted by molar-refractivity contribution is 6.05. The van der Waals surface area contributed by atoms with Gasteiger partial charge in [-0.25, -0.2) is 4.39 Å². The SMILES string of the molecule is CCCC1=C([C@H](O)CC/C(C)=C/c2ccc(O)c(F)c2)[C@H](CO)[C@@H]2C(=O)N(C)C(=O)[C@@H]2C1. The van der Waals surface area contributed by atoms with E-state index in [1.165, 1.54) is 19.2 Å². The van der Waals surface area contributed by atoms with Gasteiger partial charge in [-0.2, -0.15) is 0 Å². The maximum Gasteiger partial charge on any atom is 0.233 e. The molecule has 6 nitrogen and oxygen atoms in total. The highest BCUT2D eigenvalue weighted by atomic mass is 19.1. The van der Waals surface area contributed by atoms with E-state index in [0.29, 0.717) is 36.8 Å². The number of amides is 2. The van der Waals surface area contributed by atoms with E-state index >= 15 is 0 Å². The van der Waals surface area contributed by atoms with Gasteiger partial charge in [0.25, 0.3) is 0 Å². The maximum absolute atomic E-state index is 13.6. The van der Waals surface area contributed by atoms with Crippen LogP contribution in [-0.2, 0) is 9.59 Å². The number of aromatic hydroxyl groups is 1. The summed E-state index contributed by atoms with van der Waals surface area (Å²) in [7, 11) is 1.48. The highest BCUT2D eigenvalue weighted by Crippen LogP contribution is 2.46. The standard InChI is InChI=1S/C25H32FNO5/c1-4-5-16-12-17-23(25(32)27(3)24(17)31)18(13-28)22(16)21(30)8-6-14(2)10-15-7-9-20(29)19(26)11-15/h7,9-11,17-18,21,23,28-30H,4-6,8,12-13H2,1-3H3/b14-10+/t17-,18+,21-,23-/m1/s1. The Balaban J connectivity index is 1.81. The number of imide groups is 1. The first-order valence-electron chi connectivity index (χ1n) is 11.2. The third-order valence-electron chi connectivity index (χ3n) is 6.71. The minimum Gasteiger partial charge on any atom is -0.505 e. The lowest BCUT2D eigenvalue weighted by Crippen LogP contribution is -2.39. The number of phenolic OH excluding ortho intramolecular Hbond substituents is 1. The fourth-order valence-corrected chi connectivity index (χ4v) is 5.14. The van der Waals surface area contributed by atoms with Gasteiger partial charge in [0.2, 0.25) is 11.8 Å². The molecule has 1 aromatic rings. The van der Waals surface area contributed by atoms with Crippen LogP contribution in [0.3, 0.4) is 0 Å². The van der Waals surface area contributed by atoms with Crippen LogP contribution in [0, 0.1) is 23.6 Å². The molecule has 7 heteroatoms. The summed E-state index contributed by atoms with van der Waals surface area (Å²) in [6.45, 7) is 3.61. The average molecular weight is 446 g/mol. The fourth-order valence-electron chi connectivity index (χ4n) is 5.14. The van der Waals surface area contributed by atoms with Crippen LogP contribution in [0.4, 0.5) is 4.39 Å². The number of allylic oxidation sites excluding steroid dienone is 2. The highest BCUT2D eigenvalue weighted by Gasteiger charge is 2.53. The predicted molar refractivity (Wildman–Crippen MR) is 119 cm³/mol. The third-order valence-corrected chi connectivity index (χ3v) is 6.71. The van der Waals surface area contributed by atoms with E-state index < -0.39 is 35.4 Å². The summed E-state index contributed by atoms with van der Waals surface area (Å²) in [6.07, 6.45) is 3.86. The first-order chi connectivity index (χ1) is 15.2. The van der Waals surface area contributed by atoms with Gasteiger partial charge in [0, 0.05) is 13.0 Å². The Labute approximate surface area is 188 Å². The van der Waals surface area contributed by atoms with Crippen molar-refractivity contribution in [3.63, 3.8) is 0 Å². The van der Waals surface area contributed by atoms with Gasteiger partial charge in [0.15, 0.2) is 11.6 Å². The van der Waals surface area contributed by atoms with Gasteiger partial charge in [-0.15, -0.1) is 0 Å². The number of nitrogens with zero attached hydrogens (tertiary/aromatic N) is 1. The van der Waals surface area contributed by atoms with Crippen molar-refractivity contribution < 1.29 is 29.3 Å². The number of likely N-dealkylation sites (tertiary alicyclic amines) is 1. The first kappa shape index (κ1) is 24.1. The summed E-state index contributed by atoms with van der Waals surface area (Å²) in [5.74, 6) is -3.24. The largest absolute Gasteiger partial charge is 0.505 e. The number of phenols is 1. The molecule has 2 amide bonds. The van der Waals surface area contributed by atoms with Crippen LogP contribution in [0.5, 0.6) is 5.75 Å². The molecule has 3 rings (SSSR count). The smallest absolute Gasteiger partial charge is 0.233 e. The molecule has 1 heterocycles. The van der Waals surface area contributed by atoms with Crippen LogP contribution in [0.2, 0.25) is 0 Å². The Bertz CT molecular complexity index is 954. The quantitative estimate of drug-likeness (QED) is 0.421. The second kappa shape index (κ2) is 9.96. The number of hydrogen-bond donors (Lipinski definition) is 3. The number of carbonyl (C=O) groups is 2. The molecule has 1 aliphatic heterocycles. The number of aliphatic hydroxyl groups is 2. The number of fused-ring (bicyclic) bond motifs is 1. The lowest BCUT2D eigenvalue weighted by Gasteiger charge is -2.36. The molecule has 4 atom stereocenters. The summed E-state index contributed by atoms with van der Waals surface area (Å²) in [4.78, 5) is 26.4. The summed E-state index contributed by atoms with van der Waals surface area (Å²) in [6, 6.07) is 4.16. The maximum atomic E-state index is 13.6. The van der Waals surface area contributed by atoms with Crippen molar-refractivity contribution in [1.29, 1.82) is 0 Å². The van der Waals surface area contributed by atoms with Crippen LogP contribution in [0.1, 0.15) is 51.5 Å². The first-order valence-corrected chi connectivity index (χ1v) is 11.2. The number of hydrogen-bond acceptors (Lipinski definition) is 5. The molecule has 32 heavy (non-hydrogen) atoms. The van der Waals surface area contributed by atoms with Crippen molar-refractivity contribution in [2.24, 2.45) is 17.8 Å². The van der Waals surface area contributed by atoms with Crippen LogP contribution in [0.15, 0.2) is 34.9 Å². The minimum absolute atomic E-state index is 0.208. The van der Waals surface area contributed by atoms with E-state index in [1.807, 2.05) is 13.8 Å². The van der Waals surface area contributed by atoms with Gasteiger partial charge in [0.05, 0.1) is 24.5 Å². The zero-order valence-electron chi connectivity index (χ0n) is 18.8. The van der Waals surface area contributed by atoms with Crippen molar-refractivity contribution in [3.8, 4) is 5.75 Å². The van der Waals surface area contributed by atoms with Gasteiger partial charge >= 0.3 is 0 Å². The lowest BCUT2D eigenvalue weighted by molar-refractivity contribution is -0.138. The Kier molecular flexibility index (Phi) is 7.51. The summed E-state index contributed by atoms with van der Waals surface area (Å²) in [5.41, 5.74) is 3.22. The Morgan fingerprint density at radius 1 is 1.31 bits per heavy atom. The van der Waals surface area contributed by atoms with E-state index in [-0.39, 0.29) is 18.4 Å². The second-order valence-electron chi connectivity index (χ2n) is 8.93. The number of aliphatic hydroxyl groups excluding tert-OH is 2. The molecule has 2 aliphatic rings. The van der Waals surface area contributed by atoms with E-state index in [1.54, 1.807) is 12.1 Å². The van der Waals surface area contributed by atoms with Crippen LogP contribution >= 0.6 is 0 Å². The molecule has 1 aromatic carbocycles. The molecular weight excluding hydrogens is 413 g/mol. The van der Waals surface area contributed by atoms with E-state index in [9.17, 15) is 29.3 Å². The number of halogens is 1. The van der Waals surface area contributed by atoms with Crippen molar-refractivity contribution in [2.45, 2.75) is 52.1 Å². The molecule has 0 unspecified atom stereocenters. The van der Waals surface area contributed by atoms with Gasteiger partial charge in [-0.3, -0.25) is 14.5 Å². The molecule has 0 radical (unpaired) electrons.